The number of nitrogens with one attached hydrogen (secondary N) is 9. The molecule has 5 amide bonds. The summed E-state index contributed by atoms with van der Waals surface area (Å²) in [6, 6.07) is 36.6. The first kappa shape index (κ1) is 104. The number of aliphatic carboxylic acids is 2. The first-order valence-electron chi connectivity index (χ1n) is 40.2. The average molecular weight is 1880 g/mol. The number of carboxylic acid groups (broad SMARTS) is 2. The number of nitrogens with zero attached hydrogens (tertiary/aromatic N) is 4. The van der Waals surface area contributed by atoms with Crippen LogP contribution in [0.4, 0.5) is 33.2 Å². The molecule has 6 aromatic rings. The average Bonchev–Trinajstić information content (AvgIpc) is 0.748. The molecule has 0 saturated heterocycles. The Morgan fingerprint density at radius 2 is 0.891 bits per heavy atom. The van der Waals surface area contributed by atoms with Gasteiger partial charge in [-0.2, -0.15) is 0 Å². The number of carbonyl (C=O) groups excluding carboxylic acids is 8. The molecule has 129 heavy (non-hydrogen) atoms. The van der Waals surface area contributed by atoms with Crippen molar-refractivity contribution in [2.45, 2.75) is 100 Å². The lowest BCUT2D eigenvalue weighted by molar-refractivity contribution is -0.140. The van der Waals surface area contributed by atoms with E-state index in [0.29, 0.717) is 106 Å². The van der Waals surface area contributed by atoms with E-state index in [0.717, 1.165) is 38.5 Å². The maximum Gasteiger partial charge on any atom is 0.407 e. The van der Waals surface area contributed by atoms with Gasteiger partial charge >= 0.3 is 18.0 Å². The summed E-state index contributed by atoms with van der Waals surface area (Å²) < 4.78 is 111. The number of amides is 5. The molecule has 0 fully saturated rings. The third-order valence-electron chi connectivity index (χ3n) is 18.7. The van der Waals surface area contributed by atoms with Gasteiger partial charge in [-0.1, -0.05) is 49.9 Å². The maximum absolute atomic E-state index is 13.3. The van der Waals surface area contributed by atoms with Gasteiger partial charge < -0.3 is 85.0 Å². The van der Waals surface area contributed by atoms with Crippen LogP contribution in [0.25, 0.3) is 33.4 Å². The van der Waals surface area contributed by atoms with E-state index >= 15 is 0 Å². The minimum atomic E-state index is -3.95. The number of carboxylic acids is 2. The predicted molar refractivity (Wildman–Crippen MR) is 484 cm³/mol. The lowest BCUT2D eigenvalue weighted by Gasteiger charge is -2.26. The smallest absolute Gasteiger partial charge is 0.407 e. The van der Waals surface area contributed by atoms with Crippen LogP contribution in [-0.2, 0) is 103 Å². The second-order valence-electron chi connectivity index (χ2n) is 30.4. The largest absolute Gasteiger partial charge is 0.755 e. The topological polar surface area (TPSA) is 602 Å². The second kappa shape index (κ2) is 51.8. The van der Waals surface area contributed by atoms with Gasteiger partial charge in [0.15, 0.2) is 22.1 Å². The summed E-state index contributed by atoms with van der Waals surface area (Å²) in [6.07, 6.45) is 5.23. The van der Waals surface area contributed by atoms with Crippen LogP contribution in [0.15, 0.2) is 171 Å². The van der Waals surface area contributed by atoms with Crippen LogP contribution in [0, 0.1) is 0 Å². The van der Waals surface area contributed by atoms with Crippen molar-refractivity contribution in [2.24, 2.45) is 10.3 Å². The van der Waals surface area contributed by atoms with Gasteiger partial charge in [-0.3, -0.25) is 76.0 Å². The van der Waals surface area contributed by atoms with E-state index in [4.69, 9.17) is 36.4 Å². The van der Waals surface area contributed by atoms with Crippen molar-refractivity contribution in [1.29, 1.82) is 0 Å². The van der Waals surface area contributed by atoms with Gasteiger partial charge in [0.05, 0.1) is 62.1 Å². The number of anilines is 5. The highest BCUT2D eigenvalue weighted by Crippen LogP contribution is 2.45. The Morgan fingerprint density at radius 3 is 1.31 bits per heavy atom. The fourth-order valence-electron chi connectivity index (χ4n) is 12.9. The number of rotatable bonds is 52. The number of phenols is 1. The molecule has 2 atom stereocenters. The minimum absolute atomic E-state index is 0.00115. The van der Waals surface area contributed by atoms with Gasteiger partial charge in [-0.05, 0) is 179 Å². The number of benzene rings is 7. The van der Waals surface area contributed by atoms with E-state index in [1.807, 2.05) is 0 Å². The molecule has 1 aliphatic heterocycles. The van der Waals surface area contributed by atoms with Crippen LogP contribution in [0.1, 0.15) is 83.3 Å². The Morgan fingerprint density at radius 1 is 0.488 bits per heavy atom. The minimum Gasteiger partial charge on any atom is -0.755 e. The van der Waals surface area contributed by atoms with Crippen LogP contribution < -0.4 is 67.1 Å². The van der Waals surface area contributed by atoms with E-state index in [1.54, 1.807) is 51.1 Å². The maximum atomic E-state index is 13.3. The molecule has 0 radical (unpaired) electrons. The number of sulfonamides is 2. The summed E-state index contributed by atoms with van der Waals surface area (Å²) in [5, 5.41) is 60.4. The third-order valence-corrected chi connectivity index (χ3v) is 21.6. The molecule has 2 unspecified atom stereocenters. The number of alkyl carbamates (subject to hydrolysis) is 1. The Bertz CT molecular complexity index is 5520. The highest BCUT2D eigenvalue weighted by Gasteiger charge is 2.26. The van der Waals surface area contributed by atoms with E-state index in [-0.39, 0.29) is 140 Å². The highest BCUT2D eigenvalue weighted by molar-refractivity contribution is 7.89. The summed E-state index contributed by atoms with van der Waals surface area (Å²) in [5.41, 5.74) is 3.95. The molecular weight excluding hydrogens is 1780 g/mol. The van der Waals surface area contributed by atoms with Gasteiger partial charge in [-0.15, -0.1) is 0 Å². The van der Waals surface area contributed by atoms with Crippen LogP contribution in [0.5, 0.6) is 11.5 Å². The number of carbonyl (C=O) groups is 10. The number of fused-ring (bicyclic) bond motifs is 2. The Kier molecular flexibility index (Phi) is 41.7. The standard InChI is InChI=1S/C50H54N8O14S3.C34H51N7O11S2/c51-75(69,70)39-14-5-32(6-15-39)23-38(62)27-57(21-22-58(30-48(65)66)29-47(64)54-33-7-9-34(10-8-33)56-74(67)68)28-46(63)52-19-3-1-2-4-20-53-50(73)55-35-11-16-40(43(24-35)71-31-59)49-41-17-12-36(60)25-44(41)72-45-26-37(61)13-18-42(45)49;1-34(2,3)52-33(47)37-17-7-5-4-6-16-36-30(43)22-40(21-28(42)20-25-8-14-29(15-9-25)54(35,50)51)18-19-41(24-32(45)46)23-31(44)38-26-10-12-27(13-11-26)39-53(48)49/h5-18,24-26,31,56,60H,1-4,19-23,27-30H2,(H,52,63)(H,54,64)(H,65,66)(H,67,68)(H2,51,69,70)(H2,53,55,73);8-15,39H,4-7,16-24H2,1-3H3,(H,36,43)(H,37,47)(H,38,44)(H,45,46)(H,48,49)(H2,35,50,51)/p-2. The molecule has 40 nitrogen and oxygen atoms in total. The van der Waals surface area contributed by atoms with Gasteiger partial charge in [-0.25, -0.2) is 31.9 Å². The summed E-state index contributed by atoms with van der Waals surface area (Å²) in [5.74, 6) is -4.47. The van der Waals surface area contributed by atoms with Gasteiger partial charge in [0.2, 0.25) is 43.7 Å². The number of unbranched alkanes of at least 4 members (excludes halogenated alkanes) is 6. The summed E-state index contributed by atoms with van der Waals surface area (Å²) >= 11 is 0.461. The van der Waals surface area contributed by atoms with Gasteiger partial charge in [0.1, 0.15) is 28.4 Å². The van der Waals surface area contributed by atoms with Crippen LogP contribution in [0.2, 0.25) is 0 Å². The molecule has 8 rings (SSSR count). The first-order chi connectivity index (χ1) is 61.1. The normalized spacial score (nSPS) is 12.0. The van der Waals surface area contributed by atoms with Crippen molar-refractivity contribution in [1.82, 2.24) is 40.9 Å². The molecule has 45 heteroatoms. The van der Waals surface area contributed by atoms with Crippen LogP contribution in [0.3, 0.4) is 0 Å². The van der Waals surface area contributed by atoms with Gasteiger partial charge in [0.25, 0.3) is 6.47 Å². The van der Waals surface area contributed by atoms with E-state index in [2.05, 4.69) is 46.7 Å². The molecule has 0 aromatic heterocycles. The molecule has 0 bridgehead atoms. The highest BCUT2D eigenvalue weighted by atomic mass is 32.2. The Balaban J connectivity index is 0.000000374. The van der Waals surface area contributed by atoms with Crippen molar-refractivity contribution < 1.29 is 112 Å². The number of primary sulfonamides is 2. The number of thiocarbonyl (C=S) groups is 1. The number of hydrogen-bond donors (Lipinski definition) is 14. The summed E-state index contributed by atoms with van der Waals surface area (Å²) in [4.78, 5) is 143. The monoisotopic (exact) mass is 1880 g/mol. The zero-order chi connectivity index (χ0) is 94.4. The Labute approximate surface area is 754 Å². The zero-order valence-electron chi connectivity index (χ0n) is 70.7. The fourth-order valence-corrected chi connectivity index (χ4v) is 14.8. The second-order valence-corrected chi connectivity index (χ2v) is 35.3. The zero-order valence-corrected chi connectivity index (χ0v) is 74.8. The molecule has 1 aliphatic carbocycles. The van der Waals surface area contributed by atoms with Gasteiger partial charge in [0, 0.05) is 156 Å². The molecule has 0 saturated carbocycles. The lowest BCUT2D eigenvalue weighted by Crippen LogP contribution is -2.46. The summed E-state index contributed by atoms with van der Waals surface area (Å²) in [6.45, 7) is 4.73. The number of nitrogens with two attached hydrogens (primary N) is 2. The SMILES string of the molecule is CC(C)(C)OC(=O)NCCCCCCNC(=O)CN(CCN(CC(=O)O)CC(=O)Nc1ccc(NS(=O)[O-])cc1)CC(=O)Cc1ccc(S(N)(=O)=O)cc1.NS(=O)(=O)c1ccc(CC(=O)CN(CCN(CC(=O)O)CC(=O)Nc2ccc(NS(=O)[O-])cc2)CC(=O)NCCCCCCNC(=S)Nc2ccc(-c3c4ccc(=O)cc-4oc4cc(O)ccc34)c(OC=O)c2)cc1. The van der Waals surface area contributed by atoms with Crippen molar-refractivity contribution in [3.05, 3.63) is 173 Å². The Hall–Kier alpha value is -12.1. The summed E-state index contributed by atoms with van der Waals surface area (Å²) in [7, 11) is -7.87. The predicted octanol–water partition coefficient (Wildman–Crippen LogP) is 4.94. The quantitative estimate of drug-likeness (QED) is 0.00789. The molecule has 16 N–H and O–H groups in total. The molecule has 696 valence electrons. The molecule has 0 spiro atoms. The number of hydrogen-bond acceptors (Lipinski definition) is 28. The van der Waals surface area contributed by atoms with Crippen molar-refractivity contribution in [3.8, 4) is 33.9 Å². The van der Waals surface area contributed by atoms with Crippen LogP contribution in [-0.4, -0.2) is 244 Å². The molecule has 6 aromatic carbocycles. The van der Waals surface area contributed by atoms with Crippen molar-refractivity contribution in [3.63, 3.8) is 0 Å². The number of ether oxygens (including phenoxy) is 2. The number of phenolic OH excluding ortho intramolecular Hbond substituents is 1. The van der Waals surface area contributed by atoms with Crippen LogP contribution >= 0.6 is 12.2 Å². The van der Waals surface area contributed by atoms with E-state index in [9.17, 15) is 102 Å². The lowest BCUT2D eigenvalue weighted by atomic mass is 9.93. The molecular formula is C84H103N15O25S5-2. The van der Waals surface area contributed by atoms with E-state index < -0.39 is 97.0 Å². The van der Waals surface area contributed by atoms with E-state index in [1.165, 1.54) is 141 Å². The number of aromatic hydroxyl groups is 1. The third kappa shape index (κ3) is 39.6. The number of ketones is 2. The van der Waals surface area contributed by atoms with Crippen molar-refractivity contribution >= 4 is 159 Å². The fraction of sp³-hybridized carbons (Fsp3) is 0.357. The number of Topliss-reactive ketones (excluding diaryl/α,β-unsaturated/α-hetero) is 2. The first-order valence-corrected chi connectivity index (χ1v) is 45.9. The molecule has 2 aliphatic rings. The van der Waals surface area contributed by atoms with Crippen molar-refractivity contribution in [2.75, 3.05) is 130 Å². The molecule has 1 heterocycles.